The van der Waals surface area contributed by atoms with Gasteiger partial charge < -0.3 is 4.90 Å². The molecule has 9 heteroatoms. The first-order chi connectivity index (χ1) is 14.7. The lowest BCUT2D eigenvalue weighted by Crippen LogP contribution is -2.68. The lowest BCUT2D eigenvalue weighted by atomic mass is 10.1. The predicted molar refractivity (Wildman–Crippen MR) is 110 cm³/mol. The average Bonchev–Trinajstić information content (AvgIpc) is 3.17. The number of hydrogen-bond donors (Lipinski definition) is 0. The van der Waals surface area contributed by atoms with Gasteiger partial charge in [0.1, 0.15) is 11.9 Å². The van der Waals surface area contributed by atoms with Crippen LogP contribution in [-0.4, -0.2) is 19.1 Å². The van der Waals surface area contributed by atoms with Gasteiger partial charge in [-0.2, -0.15) is 4.40 Å². The summed E-state index contributed by atoms with van der Waals surface area (Å²) in [6.07, 6.45) is 6.17. The molecule has 7 nitrogen and oxygen atoms in total. The Morgan fingerprint density at radius 2 is 1.55 bits per heavy atom. The molecular formula is C22H20ClN3O4S. The van der Waals surface area contributed by atoms with Crippen LogP contribution in [0.3, 0.4) is 0 Å². The molecular weight excluding hydrogens is 438 g/mol. The molecule has 0 spiro atoms. The maximum absolute atomic E-state index is 8.49. The topological polar surface area (TPSA) is 112 Å². The number of anilines is 1. The highest BCUT2D eigenvalue weighted by molar-refractivity contribution is 7.14. The van der Waals surface area contributed by atoms with Crippen LogP contribution in [-0.2, 0) is 0 Å². The fraction of sp³-hybridized carbons (Fsp3) is 0.0909. The number of nitrogens with zero attached hydrogens (tertiary/aromatic N) is 3. The van der Waals surface area contributed by atoms with E-state index in [1.54, 1.807) is 11.3 Å². The SMILES string of the molecule is CN(C)c1ccc(/C=C/c2ccnc3scc(-c4ccccc4)[n+]23)cc1.[O-][Cl+3]([O-])([O-])[O-]. The number of halogens is 1. The van der Waals surface area contributed by atoms with Crippen molar-refractivity contribution < 1.29 is 33.3 Å². The van der Waals surface area contributed by atoms with Crippen molar-refractivity contribution in [3.63, 3.8) is 0 Å². The smallest absolute Gasteiger partial charge is 0.378 e. The van der Waals surface area contributed by atoms with Gasteiger partial charge in [-0.15, -0.1) is 10.2 Å². The van der Waals surface area contributed by atoms with E-state index >= 15 is 0 Å². The van der Waals surface area contributed by atoms with E-state index in [1.807, 2.05) is 12.3 Å². The van der Waals surface area contributed by atoms with Crippen molar-refractivity contribution in [3.05, 3.63) is 83.5 Å². The summed E-state index contributed by atoms with van der Waals surface area (Å²) in [5, 5.41) is 2.17. The van der Waals surface area contributed by atoms with Crippen molar-refractivity contribution in [2.75, 3.05) is 19.0 Å². The Kier molecular flexibility index (Phi) is 7.34. The van der Waals surface area contributed by atoms with Crippen LogP contribution in [0.25, 0.3) is 28.4 Å². The van der Waals surface area contributed by atoms with Crippen molar-refractivity contribution in [1.29, 1.82) is 0 Å². The maximum atomic E-state index is 8.49. The van der Waals surface area contributed by atoms with Gasteiger partial charge in [-0.1, -0.05) is 48.5 Å². The highest BCUT2D eigenvalue weighted by Gasteiger charge is 2.16. The van der Waals surface area contributed by atoms with Gasteiger partial charge in [-0.25, -0.2) is 18.6 Å². The van der Waals surface area contributed by atoms with Gasteiger partial charge >= 0.3 is 4.96 Å². The molecule has 0 saturated heterocycles. The number of fused-ring (bicyclic) bond motifs is 1. The summed E-state index contributed by atoms with van der Waals surface area (Å²) < 4.78 is 36.2. The molecule has 0 saturated carbocycles. The van der Waals surface area contributed by atoms with Crippen molar-refractivity contribution >= 4 is 34.1 Å². The lowest BCUT2D eigenvalue weighted by Gasteiger charge is -2.17. The Balaban J connectivity index is 0.000000491. The zero-order chi connectivity index (χ0) is 22.4. The Morgan fingerprint density at radius 1 is 0.903 bits per heavy atom. The largest absolute Gasteiger partial charge is 0.387 e. The number of thiazole rings is 1. The van der Waals surface area contributed by atoms with Crippen molar-refractivity contribution in [1.82, 2.24) is 4.98 Å². The van der Waals surface area contributed by atoms with Crippen LogP contribution in [0.2, 0.25) is 0 Å². The molecule has 0 atom stereocenters. The van der Waals surface area contributed by atoms with Crippen molar-refractivity contribution in [2.24, 2.45) is 0 Å². The Hall–Kier alpha value is -2.85. The number of hydrogen-bond acceptors (Lipinski definition) is 7. The highest BCUT2D eigenvalue weighted by atomic mass is 35.7. The second-order valence-corrected chi connectivity index (χ2v) is 8.26. The fourth-order valence-electron chi connectivity index (χ4n) is 2.91. The minimum atomic E-state index is -4.94. The van der Waals surface area contributed by atoms with Crippen molar-refractivity contribution in [2.45, 2.75) is 0 Å². The second kappa shape index (κ2) is 9.97. The summed E-state index contributed by atoms with van der Waals surface area (Å²) in [4.78, 5) is 7.61. The quantitative estimate of drug-likeness (QED) is 0.399. The molecule has 160 valence electrons. The van der Waals surface area contributed by atoms with Crippen LogP contribution < -0.4 is 27.9 Å². The van der Waals surface area contributed by atoms with Crippen LogP contribution in [0.15, 0.2) is 72.2 Å². The van der Waals surface area contributed by atoms with Crippen LogP contribution in [0.5, 0.6) is 0 Å². The molecule has 2 aromatic carbocycles. The summed E-state index contributed by atoms with van der Waals surface area (Å²) in [7, 11) is -0.840. The first kappa shape index (κ1) is 22.8. The van der Waals surface area contributed by atoms with E-state index in [0.717, 1.165) is 10.7 Å². The molecule has 0 aliphatic carbocycles. The van der Waals surface area contributed by atoms with Crippen LogP contribution in [0.1, 0.15) is 11.3 Å². The molecule has 0 radical (unpaired) electrons. The highest BCUT2D eigenvalue weighted by Crippen LogP contribution is 2.21. The number of benzene rings is 2. The molecule has 2 aromatic heterocycles. The Bertz CT molecular complexity index is 1150. The summed E-state index contributed by atoms with van der Waals surface area (Å²) in [6, 6.07) is 21.0. The Morgan fingerprint density at radius 3 is 2.16 bits per heavy atom. The van der Waals surface area contributed by atoms with Crippen LogP contribution >= 0.6 is 11.3 Å². The summed E-state index contributed by atoms with van der Waals surface area (Å²) >= 11 is 1.66. The van der Waals surface area contributed by atoms with Crippen molar-refractivity contribution in [3.8, 4) is 11.3 Å². The van der Waals surface area contributed by atoms with E-state index in [-0.39, 0.29) is 0 Å². The van der Waals surface area contributed by atoms with E-state index < -0.39 is 10.2 Å². The van der Waals surface area contributed by atoms with Gasteiger partial charge in [0, 0.05) is 36.8 Å². The number of rotatable bonds is 4. The van der Waals surface area contributed by atoms with Gasteiger partial charge in [-0.05, 0) is 40.1 Å². The van der Waals surface area contributed by atoms with E-state index in [2.05, 4.69) is 101 Å². The molecule has 0 aliphatic rings. The molecule has 4 rings (SSSR count). The lowest BCUT2D eigenvalue weighted by molar-refractivity contribution is -2.00. The molecule has 0 aliphatic heterocycles. The minimum Gasteiger partial charge on any atom is -0.378 e. The van der Waals surface area contributed by atoms with Gasteiger partial charge in [-0.3, -0.25) is 0 Å². The minimum absolute atomic E-state index is 0.994. The first-order valence-corrected chi connectivity index (χ1v) is 11.2. The summed E-state index contributed by atoms with van der Waals surface area (Å²) in [5.74, 6) is 0. The molecule has 0 unspecified atom stereocenters. The third-order valence-corrected chi connectivity index (χ3v) is 5.16. The normalized spacial score (nSPS) is 11.4. The summed E-state index contributed by atoms with van der Waals surface area (Å²) in [6.45, 7) is 0. The Labute approximate surface area is 186 Å². The number of aromatic nitrogens is 2. The van der Waals surface area contributed by atoms with Gasteiger partial charge in [0.15, 0.2) is 5.69 Å². The second-order valence-electron chi connectivity index (χ2n) is 6.67. The molecule has 0 amide bonds. The van der Waals surface area contributed by atoms with Gasteiger partial charge in [0.2, 0.25) is 0 Å². The summed E-state index contributed by atoms with van der Waals surface area (Å²) in [5.41, 5.74) is 5.86. The molecule has 0 N–H and O–H groups in total. The molecule has 4 aromatic rings. The monoisotopic (exact) mass is 457 g/mol. The standard InChI is InChI=1S/C22H20N3S.ClHO4/c1-24(2)19-11-8-17(9-12-19)10-13-20-14-15-23-22-25(20)21(16-26-22)18-6-4-3-5-7-18;2-1(3,4)5/h3-16H,1-2H3;(H,2,3,4,5)/q+1;/p-1. The third kappa shape index (κ3) is 6.56. The molecule has 0 fully saturated rings. The van der Waals surface area contributed by atoms with Gasteiger partial charge in [0.05, 0.1) is 0 Å². The molecule has 0 bridgehead atoms. The first-order valence-electron chi connectivity index (χ1n) is 9.13. The average molecular weight is 458 g/mol. The van der Waals surface area contributed by atoms with E-state index in [4.69, 9.17) is 18.6 Å². The predicted octanol–water partition coefficient (Wildman–Crippen LogP) is 0.0292. The third-order valence-electron chi connectivity index (χ3n) is 4.32. The molecule has 2 heterocycles. The van der Waals surface area contributed by atoms with Gasteiger partial charge in [0.25, 0.3) is 0 Å². The van der Waals surface area contributed by atoms with E-state index in [1.165, 1.54) is 22.5 Å². The maximum Gasteiger partial charge on any atom is 0.387 e. The zero-order valence-corrected chi connectivity index (χ0v) is 18.4. The van der Waals surface area contributed by atoms with E-state index in [0.29, 0.717) is 0 Å². The van der Waals surface area contributed by atoms with Crippen LogP contribution in [0.4, 0.5) is 5.69 Å². The fourth-order valence-corrected chi connectivity index (χ4v) is 3.80. The van der Waals surface area contributed by atoms with E-state index in [9.17, 15) is 0 Å². The van der Waals surface area contributed by atoms with Crippen LogP contribution in [0, 0.1) is 10.2 Å². The molecule has 31 heavy (non-hydrogen) atoms. The zero-order valence-electron chi connectivity index (χ0n) is 16.8.